The molecule has 0 bridgehead atoms. The molecule has 90 valence electrons. The van der Waals surface area contributed by atoms with E-state index in [1.165, 1.54) is 25.7 Å². The van der Waals surface area contributed by atoms with Crippen molar-refractivity contribution in [1.29, 1.82) is 0 Å². The smallest absolute Gasteiger partial charge is 0.0572 e. The summed E-state index contributed by atoms with van der Waals surface area (Å²) >= 11 is 0. The summed E-state index contributed by atoms with van der Waals surface area (Å²) in [7, 11) is 1.16. The zero-order valence-corrected chi connectivity index (χ0v) is 10.6. The fourth-order valence-corrected chi connectivity index (χ4v) is 2.64. The van der Waals surface area contributed by atoms with Crippen LogP contribution in [0.1, 0.15) is 32.1 Å². The molecule has 3 nitrogen and oxygen atoms in total. The number of ether oxygens (including phenoxy) is 1. The van der Waals surface area contributed by atoms with Crippen LogP contribution in [0.3, 0.4) is 0 Å². The first-order valence-electron chi connectivity index (χ1n) is 5.78. The van der Waals surface area contributed by atoms with Gasteiger partial charge in [-0.1, -0.05) is 0 Å². The molecular formula is C11H23NO2S. The Morgan fingerprint density at radius 2 is 2.00 bits per heavy atom. The molecule has 0 aromatic rings. The highest BCUT2D eigenvalue weighted by molar-refractivity contribution is 7.84. The van der Waals surface area contributed by atoms with E-state index in [2.05, 4.69) is 5.32 Å². The summed E-state index contributed by atoms with van der Waals surface area (Å²) in [5.74, 6) is 0.820. The van der Waals surface area contributed by atoms with Crippen molar-refractivity contribution in [3.63, 3.8) is 0 Å². The molecule has 1 fully saturated rings. The molecule has 0 aliphatic heterocycles. The van der Waals surface area contributed by atoms with Gasteiger partial charge < -0.3 is 10.1 Å². The highest BCUT2D eigenvalue weighted by Crippen LogP contribution is 2.20. The maximum absolute atomic E-state index is 10.8. The summed E-state index contributed by atoms with van der Waals surface area (Å²) in [4.78, 5) is 0. The van der Waals surface area contributed by atoms with Gasteiger partial charge in [0.05, 0.1) is 6.10 Å². The molecule has 1 unspecified atom stereocenters. The van der Waals surface area contributed by atoms with Crippen LogP contribution in [0.5, 0.6) is 0 Å². The third-order valence-electron chi connectivity index (χ3n) is 3.05. The molecule has 0 saturated heterocycles. The van der Waals surface area contributed by atoms with Gasteiger partial charge in [-0.05, 0) is 38.6 Å². The second-order valence-electron chi connectivity index (χ2n) is 4.29. The summed E-state index contributed by atoms with van der Waals surface area (Å²) in [6.07, 6.45) is 8.05. The standard InChI is InChI=1S/C11H23NO2S/c1-14-11-6-4-10(5-7-11)12-8-3-9-15(2)13/h10-12H,3-9H2,1-2H3. The molecule has 1 rings (SSSR count). The van der Waals surface area contributed by atoms with Crippen LogP contribution in [0.25, 0.3) is 0 Å². The Hall–Kier alpha value is 0.0700. The van der Waals surface area contributed by atoms with Crippen LogP contribution in [0.2, 0.25) is 0 Å². The van der Waals surface area contributed by atoms with Crippen molar-refractivity contribution in [2.45, 2.75) is 44.2 Å². The van der Waals surface area contributed by atoms with Crippen LogP contribution in [0.4, 0.5) is 0 Å². The Balaban J connectivity index is 2.01. The summed E-state index contributed by atoms with van der Waals surface area (Å²) in [5, 5.41) is 3.53. The number of rotatable bonds is 6. The van der Waals surface area contributed by atoms with Gasteiger partial charge in [-0.15, -0.1) is 0 Å². The maximum atomic E-state index is 10.8. The molecule has 0 radical (unpaired) electrons. The molecule has 1 aliphatic rings. The predicted molar refractivity (Wildman–Crippen MR) is 64.6 cm³/mol. The highest BCUT2D eigenvalue weighted by Gasteiger charge is 2.19. The lowest BCUT2D eigenvalue weighted by molar-refractivity contribution is 0.0626. The SMILES string of the molecule is COC1CCC(NCCCS(C)=O)CC1. The maximum Gasteiger partial charge on any atom is 0.0572 e. The Bertz CT molecular complexity index is 191. The molecule has 4 heteroatoms. The van der Waals surface area contributed by atoms with Crippen LogP contribution in [-0.4, -0.2) is 42.0 Å². The van der Waals surface area contributed by atoms with Crippen molar-refractivity contribution >= 4 is 10.8 Å². The van der Waals surface area contributed by atoms with Crippen LogP contribution in [-0.2, 0) is 15.5 Å². The Kier molecular flexibility index (Phi) is 6.45. The van der Waals surface area contributed by atoms with E-state index in [1.807, 2.05) is 0 Å². The normalized spacial score (nSPS) is 28.9. The second kappa shape index (κ2) is 7.36. The quantitative estimate of drug-likeness (QED) is 0.703. The lowest BCUT2D eigenvalue weighted by Crippen LogP contribution is -2.35. The van der Waals surface area contributed by atoms with E-state index < -0.39 is 10.8 Å². The van der Waals surface area contributed by atoms with Crippen LogP contribution in [0, 0.1) is 0 Å². The molecular weight excluding hydrogens is 210 g/mol. The monoisotopic (exact) mass is 233 g/mol. The summed E-state index contributed by atoms with van der Waals surface area (Å²) in [5.41, 5.74) is 0. The molecule has 1 saturated carbocycles. The summed E-state index contributed by atoms with van der Waals surface area (Å²) in [6, 6.07) is 0.654. The van der Waals surface area contributed by atoms with Gasteiger partial charge in [-0.25, -0.2) is 0 Å². The van der Waals surface area contributed by atoms with Gasteiger partial charge in [0, 0.05) is 36.0 Å². The minimum Gasteiger partial charge on any atom is -0.381 e. The van der Waals surface area contributed by atoms with Gasteiger partial charge in [-0.3, -0.25) is 4.21 Å². The largest absolute Gasteiger partial charge is 0.381 e. The van der Waals surface area contributed by atoms with Crippen molar-refractivity contribution in [2.75, 3.05) is 25.7 Å². The van der Waals surface area contributed by atoms with Crippen LogP contribution >= 0.6 is 0 Å². The van der Waals surface area contributed by atoms with Crippen molar-refractivity contribution in [1.82, 2.24) is 5.32 Å². The Morgan fingerprint density at radius 3 is 2.53 bits per heavy atom. The van der Waals surface area contributed by atoms with Crippen LogP contribution < -0.4 is 5.32 Å². The topological polar surface area (TPSA) is 38.3 Å². The average Bonchev–Trinajstić information content (AvgIpc) is 2.25. The number of hydrogen-bond donors (Lipinski definition) is 1. The first-order chi connectivity index (χ1) is 7.22. The molecule has 0 aromatic carbocycles. The first-order valence-corrected chi connectivity index (χ1v) is 7.51. The molecule has 0 heterocycles. The zero-order chi connectivity index (χ0) is 11.1. The minimum absolute atomic E-state index is 0.478. The van der Waals surface area contributed by atoms with E-state index in [9.17, 15) is 4.21 Å². The van der Waals surface area contributed by atoms with Gasteiger partial charge in [0.15, 0.2) is 0 Å². The van der Waals surface area contributed by atoms with E-state index in [1.54, 1.807) is 13.4 Å². The zero-order valence-electron chi connectivity index (χ0n) is 9.83. The first kappa shape index (κ1) is 13.1. The van der Waals surface area contributed by atoms with Gasteiger partial charge in [0.1, 0.15) is 0 Å². The van der Waals surface area contributed by atoms with Gasteiger partial charge in [0.2, 0.25) is 0 Å². The van der Waals surface area contributed by atoms with E-state index in [0.29, 0.717) is 12.1 Å². The fourth-order valence-electron chi connectivity index (χ4n) is 2.08. The third-order valence-corrected chi connectivity index (χ3v) is 3.91. The van der Waals surface area contributed by atoms with E-state index in [0.717, 1.165) is 18.7 Å². The number of hydrogen-bond acceptors (Lipinski definition) is 3. The Labute approximate surface area is 95.4 Å². The van der Waals surface area contributed by atoms with Crippen molar-refractivity contribution in [2.24, 2.45) is 0 Å². The molecule has 0 spiro atoms. The highest BCUT2D eigenvalue weighted by atomic mass is 32.2. The average molecular weight is 233 g/mol. The molecule has 1 N–H and O–H groups in total. The molecule has 0 amide bonds. The number of methoxy groups -OCH3 is 1. The van der Waals surface area contributed by atoms with Crippen molar-refractivity contribution in [3.8, 4) is 0 Å². The summed E-state index contributed by atoms with van der Waals surface area (Å²) in [6.45, 7) is 1.00. The van der Waals surface area contributed by atoms with E-state index >= 15 is 0 Å². The van der Waals surface area contributed by atoms with Crippen molar-refractivity contribution in [3.05, 3.63) is 0 Å². The lowest BCUT2D eigenvalue weighted by atomic mass is 9.93. The molecule has 1 atom stereocenters. The van der Waals surface area contributed by atoms with E-state index in [-0.39, 0.29) is 0 Å². The van der Waals surface area contributed by atoms with Gasteiger partial charge in [-0.2, -0.15) is 0 Å². The Morgan fingerprint density at radius 1 is 1.33 bits per heavy atom. The van der Waals surface area contributed by atoms with Crippen molar-refractivity contribution < 1.29 is 8.95 Å². The van der Waals surface area contributed by atoms with Crippen LogP contribution in [0.15, 0.2) is 0 Å². The predicted octanol–water partition coefficient (Wildman–Crippen LogP) is 1.30. The number of nitrogens with one attached hydrogen (secondary N) is 1. The second-order valence-corrected chi connectivity index (χ2v) is 5.85. The van der Waals surface area contributed by atoms with E-state index in [4.69, 9.17) is 4.74 Å². The molecule has 0 aromatic heterocycles. The molecule has 1 aliphatic carbocycles. The molecule has 15 heavy (non-hydrogen) atoms. The lowest BCUT2D eigenvalue weighted by Gasteiger charge is -2.28. The summed E-state index contributed by atoms with van der Waals surface area (Å²) < 4.78 is 16.2. The third kappa shape index (κ3) is 5.64. The van der Waals surface area contributed by atoms with Gasteiger partial charge in [0.25, 0.3) is 0 Å². The fraction of sp³-hybridized carbons (Fsp3) is 1.00. The van der Waals surface area contributed by atoms with Gasteiger partial charge >= 0.3 is 0 Å². The minimum atomic E-state index is -0.639.